The minimum Gasteiger partial charge on any atom is -0.211 e. The zero-order valence-corrected chi connectivity index (χ0v) is 7.84. The highest BCUT2D eigenvalue weighted by Gasteiger charge is 2.48. The molecule has 1 aliphatic rings. The molecule has 82 valence electrons. The maximum Gasteiger partial charge on any atom is 0.391 e. The Morgan fingerprint density at radius 2 is 2.13 bits per heavy atom. The quantitative estimate of drug-likeness (QED) is 0.501. The molecule has 2 unspecified atom stereocenters. The minimum atomic E-state index is -4.32. The van der Waals surface area contributed by atoms with E-state index in [0.717, 1.165) is 0 Å². The van der Waals surface area contributed by atoms with Crippen LogP contribution in [-0.4, -0.2) is 17.8 Å². The van der Waals surface area contributed by atoms with E-state index < -0.39 is 24.1 Å². The lowest BCUT2D eigenvalue weighted by Gasteiger charge is -2.32. The number of halogens is 3. The monoisotopic (exact) mass is 218 g/mol. The van der Waals surface area contributed by atoms with Crippen LogP contribution < -0.4 is 0 Å². The van der Waals surface area contributed by atoms with Crippen molar-refractivity contribution in [2.24, 2.45) is 10.9 Å². The van der Waals surface area contributed by atoms with Gasteiger partial charge in [-0.15, -0.1) is 0 Å². The number of isocyanates is 1. The summed E-state index contributed by atoms with van der Waals surface area (Å²) in [5.41, 5.74) is -1.51. The molecule has 6 heteroatoms. The van der Waals surface area contributed by atoms with E-state index in [1.165, 1.54) is 6.08 Å². The molecular weight excluding hydrogens is 209 g/mol. The van der Waals surface area contributed by atoms with Crippen LogP contribution in [0.4, 0.5) is 13.2 Å². The van der Waals surface area contributed by atoms with Gasteiger partial charge in [0, 0.05) is 0 Å². The molecule has 2 atom stereocenters. The first-order valence-corrected chi connectivity index (χ1v) is 4.50. The van der Waals surface area contributed by atoms with Gasteiger partial charge in [-0.05, 0) is 25.7 Å². The molecule has 0 heterocycles. The lowest BCUT2D eigenvalue weighted by Crippen LogP contribution is -2.38. The molecule has 0 radical (unpaired) electrons. The minimum absolute atomic E-state index is 0.00130. The second kappa shape index (κ2) is 4.03. The summed E-state index contributed by atoms with van der Waals surface area (Å²) in [6.07, 6.45) is -3.11. The molecule has 1 aliphatic carbocycles. The highest BCUT2D eigenvalue weighted by molar-refractivity contribution is 5.37. The molecule has 15 heavy (non-hydrogen) atoms. The molecule has 0 aromatic rings. The molecular formula is C9H9F3N2O. The van der Waals surface area contributed by atoms with Crippen molar-refractivity contribution < 1.29 is 18.0 Å². The van der Waals surface area contributed by atoms with E-state index >= 15 is 0 Å². The smallest absolute Gasteiger partial charge is 0.211 e. The molecule has 0 aliphatic heterocycles. The number of carbonyl (C=O) groups excluding carboxylic acids is 1. The van der Waals surface area contributed by atoms with Crippen LogP contribution in [0.15, 0.2) is 4.99 Å². The maximum absolute atomic E-state index is 12.4. The van der Waals surface area contributed by atoms with Crippen LogP contribution in [0, 0.1) is 17.2 Å². The molecule has 1 fully saturated rings. The van der Waals surface area contributed by atoms with Crippen LogP contribution in [0.3, 0.4) is 0 Å². The molecule has 0 N–H and O–H groups in total. The fourth-order valence-electron chi connectivity index (χ4n) is 1.85. The van der Waals surface area contributed by atoms with Gasteiger partial charge in [-0.1, -0.05) is 0 Å². The van der Waals surface area contributed by atoms with Crippen LogP contribution in [0.25, 0.3) is 0 Å². The third kappa shape index (κ3) is 2.57. The first-order valence-electron chi connectivity index (χ1n) is 4.50. The summed E-state index contributed by atoms with van der Waals surface area (Å²) in [6.45, 7) is 0. The van der Waals surface area contributed by atoms with Crippen LogP contribution in [0.5, 0.6) is 0 Å². The topological polar surface area (TPSA) is 53.2 Å². The molecule has 0 aromatic heterocycles. The van der Waals surface area contributed by atoms with Crippen molar-refractivity contribution in [3.8, 4) is 6.07 Å². The summed E-state index contributed by atoms with van der Waals surface area (Å²) in [7, 11) is 0. The number of nitrogens with zero attached hydrogens (tertiary/aromatic N) is 2. The molecule has 0 saturated heterocycles. The number of rotatable bonds is 1. The summed E-state index contributed by atoms with van der Waals surface area (Å²) < 4.78 is 37.2. The Balaban J connectivity index is 2.88. The van der Waals surface area contributed by atoms with Gasteiger partial charge in [-0.3, -0.25) is 0 Å². The Morgan fingerprint density at radius 3 is 2.60 bits per heavy atom. The van der Waals surface area contributed by atoms with Crippen LogP contribution in [-0.2, 0) is 4.79 Å². The number of nitriles is 1. The highest BCUT2D eigenvalue weighted by atomic mass is 19.4. The normalized spacial score (nSPS) is 31.5. The van der Waals surface area contributed by atoms with Gasteiger partial charge in [0.1, 0.15) is 0 Å². The van der Waals surface area contributed by atoms with Crippen LogP contribution >= 0.6 is 0 Å². The van der Waals surface area contributed by atoms with Crippen molar-refractivity contribution >= 4 is 6.08 Å². The van der Waals surface area contributed by atoms with Crippen molar-refractivity contribution in [2.45, 2.75) is 37.4 Å². The Labute approximate surface area is 84.6 Å². The van der Waals surface area contributed by atoms with Gasteiger partial charge in [-0.25, -0.2) is 4.79 Å². The number of hydrogen-bond donors (Lipinski definition) is 0. The van der Waals surface area contributed by atoms with Crippen molar-refractivity contribution in [1.29, 1.82) is 5.26 Å². The van der Waals surface area contributed by atoms with Gasteiger partial charge < -0.3 is 0 Å². The van der Waals surface area contributed by atoms with E-state index in [0.29, 0.717) is 0 Å². The van der Waals surface area contributed by atoms with Gasteiger partial charge in [0.15, 0.2) is 5.54 Å². The van der Waals surface area contributed by atoms with E-state index in [2.05, 4.69) is 4.99 Å². The van der Waals surface area contributed by atoms with Gasteiger partial charge >= 0.3 is 6.18 Å². The van der Waals surface area contributed by atoms with Gasteiger partial charge in [-0.2, -0.15) is 23.4 Å². The van der Waals surface area contributed by atoms with Gasteiger partial charge in [0.2, 0.25) is 6.08 Å². The third-order valence-electron chi connectivity index (χ3n) is 2.66. The van der Waals surface area contributed by atoms with Crippen LogP contribution in [0.1, 0.15) is 25.7 Å². The summed E-state index contributed by atoms with van der Waals surface area (Å²) in [6, 6.07) is 1.69. The highest BCUT2D eigenvalue weighted by Crippen LogP contribution is 2.42. The average molecular weight is 218 g/mol. The summed E-state index contributed by atoms with van der Waals surface area (Å²) in [4.78, 5) is 13.3. The fraction of sp³-hybridized carbons (Fsp3) is 0.778. The Hall–Kier alpha value is -1.34. The van der Waals surface area contributed by atoms with Gasteiger partial charge in [0.25, 0.3) is 0 Å². The first kappa shape index (κ1) is 11.7. The lowest BCUT2D eigenvalue weighted by molar-refractivity contribution is -0.185. The van der Waals surface area contributed by atoms with Crippen molar-refractivity contribution in [2.75, 3.05) is 0 Å². The van der Waals surface area contributed by atoms with E-state index in [4.69, 9.17) is 5.26 Å². The molecule has 3 nitrogen and oxygen atoms in total. The van der Waals surface area contributed by atoms with Crippen molar-refractivity contribution in [3.05, 3.63) is 0 Å². The zero-order chi connectivity index (χ0) is 11.5. The van der Waals surface area contributed by atoms with Crippen molar-refractivity contribution in [3.63, 3.8) is 0 Å². The lowest BCUT2D eigenvalue weighted by atomic mass is 9.76. The summed E-state index contributed by atoms with van der Waals surface area (Å²) in [5.74, 6) is -1.54. The second-order valence-electron chi connectivity index (χ2n) is 3.68. The Kier molecular flexibility index (Phi) is 3.15. The molecule has 0 spiro atoms. The predicted molar refractivity (Wildman–Crippen MR) is 44.5 cm³/mol. The second-order valence-corrected chi connectivity index (χ2v) is 3.68. The van der Waals surface area contributed by atoms with E-state index in [1.807, 2.05) is 0 Å². The fourth-order valence-corrected chi connectivity index (χ4v) is 1.85. The SMILES string of the molecule is N#CC1(N=C=O)CCCC(C(F)(F)F)C1. The molecule has 0 amide bonds. The summed E-state index contributed by atoms with van der Waals surface area (Å²) >= 11 is 0. The van der Waals surface area contributed by atoms with E-state index in [9.17, 15) is 18.0 Å². The van der Waals surface area contributed by atoms with Crippen LogP contribution in [0.2, 0.25) is 0 Å². The molecule has 0 bridgehead atoms. The van der Waals surface area contributed by atoms with Crippen molar-refractivity contribution in [1.82, 2.24) is 0 Å². The number of hydrogen-bond acceptors (Lipinski definition) is 3. The molecule has 0 aromatic carbocycles. The first-order chi connectivity index (χ1) is 6.93. The summed E-state index contributed by atoms with van der Waals surface area (Å²) in [5, 5.41) is 8.77. The third-order valence-corrected chi connectivity index (χ3v) is 2.66. The Bertz CT molecular complexity index is 327. The number of aliphatic imine (C=N–C) groups is 1. The number of alkyl halides is 3. The Morgan fingerprint density at radius 1 is 1.47 bits per heavy atom. The average Bonchev–Trinajstić information content (AvgIpc) is 2.17. The predicted octanol–water partition coefficient (Wildman–Crippen LogP) is 2.34. The standard InChI is InChI=1S/C9H9F3N2O/c10-9(11,12)7-2-1-3-8(4-7,5-13)14-6-15/h7H,1-4H2. The molecule has 1 rings (SSSR count). The maximum atomic E-state index is 12.4. The van der Waals surface area contributed by atoms with E-state index in [1.54, 1.807) is 6.07 Å². The largest absolute Gasteiger partial charge is 0.391 e. The van der Waals surface area contributed by atoms with E-state index in [-0.39, 0.29) is 19.3 Å². The molecule has 1 saturated carbocycles. The van der Waals surface area contributed by atoms with Gasteiger partial charge in [0.05, 0.1) is 12.0 Å². The zero-order valence-electron chi connectivity index (χ0n) is 7.84.